The van der Waals surface area contributed by atoms with Crippen LogP contribution in [0.25, 0.3) is 11.3 Å². The van der Waals surface area contributed by atoms with Gasteiger partial charge in [-0.05, 0) is 60.7 Å². The van der Waals surface area contributed by atoms with Gasteiger partial charge in [-0.15, -0.1) is 0 Å². The van der Waals surface area contributed by atoms with Crippen molar-refractivity contribution in [3.05, 3.63) is 94.5 Å². The van der Waals surface area contributed by atoms with Crippen molar-refractivity contribution in [2.75, 3.05) is 29.9 Å². The van der Waals surface area contributed by atoms with E-state index < -0.39 is 5.56 Å². The monoisotopic (exact) mass is 524 g/mol. The Morgan fingerprint density at radius 3 is 2.66 bits per heavy atom. The normalized spacial score (nSPS) is 13.7. The molecule has 5 rings (SSSR count). The predicted octanol–water partition coefficient (Wildman–Crippen LogP) is 5.03. The molecule has 0 aliphatic carbocycles. The van der Waals surface area contributed by atoms with Crippen LogP contribution in [-0.2, 0) is 5.75 Å². The number of aromatic hydroxyl groups is 1. The number of phenolic OH excluding ortho intramolecular Hbond substituents is 1. The fourth-order valence-corrected chi connectivity index (χ4v) is 5.43. The van der Waals surface area contributed by atoms with Crippen LogP contribution in [0.1, 0.15) is 24.0 Å². The van der Waals surface area contributed by atoms with E-state index in [1.807, 2.05) is 30.6 Å². The van der Waals surface area contributed by atoms with Crippen LogP contribution in [-0.4, -0.2) is 39.7 Å². The van der Waals surface area contributed by atoms with Crippen LogP contribution in [0.4, 0.5) is 11.4 Å². The van der Waals surface area contributed by atoms with E-state index in [1.165, 1.54) is 29.6 Å². The Kier molecular flexibility index (Phi) is 7.90. The molecule has 0 radical (unpaired) electrons. The highest BCUT2D eigenvalue weighted by Gasteiger charge is 2.19. The smallest absolute Gasteiger partial charge is 0.270 e. The molecule has 38 heavy (non-hydrogen) atoms. The summed E-state index contributed by atoms with van der Waals surface area (Å²) >= 11 is 1.40. The van der Waals surface area contributed by atoms with Crippen LogP contribution in [0.3, 0.4) is 0 Å². The van der Waals surface area contributed by atoms with Gasteiger partial charge in [0.25, 0.3) is 5.56 Å². The van der Waals surface area contributed by atoms with Crippen LogP contribution < -0.4 is 15.8 Å². The van der Waals surface area contributed by atoms with Crippen molar-refractivity contribution in [1.82, 2.24) is 15.0 Å². The minimum absolute atomic E-state index is 0.0475. The molecule has 0 atom stereocenters. The summed E-state index contributed by atoms with van der Waals surface area (Å²) in [4.78, 5) is 26.3. The van der Waals surface area contributed by atoms with E-state index in [2.05, 4.69) is 49.4 Å². The number of phenols is 1. The maximum atomic E-state index is 12.5. The van der Waals surface area contributed by atoms with Gasteiger partial charge in [-0.3, -0.25) is 9.78 Å². The van der Waals surface area contributed by atoms with Gasteiger partial charge >= 0.3 is 0 Å². The zero-order chi connectivity index (χ0) is 26.3. The van der Waals surface area contributed by atoms with Crippen molar-refractivity contribution < 1.29 is 5.11 Å². The van der Waals surface area contributed by atoms with Crippen molar-refractivity contribution in [3.8, 4) is 23.1 Å². The maximum Gasteiger partial charge on any atom is 0.270 e. The molecule has 0 saturated carbocycles. The molecule has 0 unspecified atom stereocenters. The van der Waals surface area contributed by atoms with Gasteiger partial charge in [0.2, 0.25) is 0 Å². The standard InChI is InChI=1S/C29H28N6O2S/c30-17-26-27(22-4-2-6-25(36)16-22)33-29(34-28(26)37)38-19-21-3-1-5-23(15-21)32-18-20-9-13-35(14-10-20)24-7-11-31-12-8-24/h1-8,11-12,15-16,20,32,36H,9-10,13-14,18-19H2,(H,33,34,37). The predicted molar refractivity (Wildman–Crippen MR) is 150 cm³/mol. The first-order valence-electron chi connectivity index (χ1n) is 12.5. The van der Waals surface area contributed by atoms with Gasteiger partial charge in [0.1, 0.15) is 17.4 Å². The van der Waals surface area contributed by atoms with Crippen LogP contribution >= 0.6 is 11.8 Å². The molecule has 2 aromatic heterocycles. The SMILES string of the molecule is N#Cc1c(-c2cccc(O)c2)nc(SCc2cccc(NCC3CCN(c4ccncc4)CC3)c2)[nH]c1=O. The fraction of sp³-hybridized carbons (Fsp3) is 0.241. The van der Waals surface area contributed by atoms with Gasteiger partial charge in [-0.2, -0.15) is 5.26 Å². The Morgan fingerprint density at radius 1 is 1.11 bits per heavy atom. The summed E-state index contributed by atoms with van der Waals surface area (Å²) < 4.78 is 0. The van der Waals surface area contributed by atoms with E-state index in [-0.39, 0.29) is 17.0 Å². The summed E-state index contributed by atoms with van der Waals surface area (Å²) in [6.45, 7) is 3.03. The Bertz CT molecular complexity index is 1490. The van der Waals surface area contributed by atoms with E-state index in [0.29, 0.717) is 22.4 Å². The average Bonchev–Trinajstić information content (AvgIpc) is 2.96. The summed E-state index contributed by atoms with van der Waals surface area (Å²) in [5.41, 5.74) is 3.63. The molecule has 1 aliphatic heterocycles. The first-order valence-corrected chi connectivity index (χ1v) is 13.5. The lowest BCUT2D eigenvalue weighted by Crippen LogP contribution is -2.35. The number of piperidine rings is 1. The second kappa shape index (κ2) is 11.8. The highest BCUT2D eigenvalue weighted by molar-refractivity contribution is 7.98. The van der Waals surface area contributed by atoms with E-state index in [4.69, 9.17) is 0 Å². The number of benzene rings is 2. The fourth-order valence-electron chi connectivity index (χ4n) is 4.62. The Hall–Kier alpha value is -4.29. The van der Waals surface area contributed by atoms with E-state index in [0.717, 1.165) is 43.7 Å². The zero-order valence-electron chi connectivity index (χ0n) is 20.8. The number of hydrogen-bond acceptors (Lipinski definition) is 8. The molecular formula is C29H28N6O2S. The molecule has 1 aliphatic rings. The van der Waals surface area contributed by atoms with E-state index in [9.17, 15) is 15.2 Å². The molecule has 1 fully saturated rings. The third-order valence-corrected chi connectivity index (χ3v) is 7.61. The van der Waals surface area contributed by atoms with Crippen molar-refractivity contribution in [1.29, 1.82) is 5.26 Å². The number of pyridine rings is 1. The molecular weight excluding hydrogens is 496 g/mol. The van der Waals surface area contributed by atoms with Gasteiger partial charge in [-0.1, -0.05) is 36.0 Å². The number of thioether (sulfide) groups is 1. The number of H-pyrrole nitrogens is 1. The Labute approximate surface area is 225 Å². The molecule has 1 saturated heterocycles. The largest absolute Gasteiger partial charge is 0.508 e. The van der Waals surface area contributed by atoms with Crippen LogP contribution in [0.15, 0.2) is 83.0 Å². The molecule has 0 bridgehead atoms. The third kappa shape index (κ3) is 6.15. The first-order chi connectivity index (χ1) is 18.6. The molecule has 192 valence electrons. The second-order valence-electron chi connectivity index (χ2n) is 9.26. The quantitative estimate of drug-likeness (QED) is 0.217. The molecule has 3 N–H and O–H groups in total. The number of aromatic amines is 1. The van der Waals surface area contributed by atoms with Crippen LogP contribution in [0.2, 0.25) is 0 Å². The van der Waals surface area contributed by atoms with Crippen LogP contribution in [0, 0.1) is 17.2 Å². The molecule has 8 nitrogen and oxygen atoms in total. The molecule has 0 spiro atoms. The summed E-state index contributed by atoms with van der Waals surface area (Å²) in [7, 11) is 0. The summed E-state index contributed by atoms with van der Waals surface area (Å²) in [6, 6.07) is 20.7. The average molecular weight is 525 g/mol. The molecule has 9 heteroatoms. The summed E-state index contributed by atoms with van der Waals surface area (Å²) in [5.74, 6) is 1.27. The number of nitrogens with zero attached hydrogens (tertiary/aromatic N) is 4. The molecule has 3 heterocycles. The number of rotatable bonds is 8. The second-order valence-corrected chi connectivity index (χ2v) is 10.2. The maximum absolute atomic E-state index is 12.5. The minimum Gasteiger partial charge on any atom is -0.508 e. The van der Waals surface area contributed by atoms with Gasteiger partial charge in [0.15, 0.2) is 5.16 Å². The van der Waals surface area contributed by atoms with Crippen molar-refractivity contribution in [2.45, 2.75) is 23.8 Å². The number of aromatic nitrogens is 3. The van der Waals surface area contributed by atoms with Gasteiger partial charge < -0.3 is 20.3 Å². The molecule has 0 amide bonds. The van der Waals surface area contributed by atoms with Gasteiger partial charge in [0, 0.05) is 54.7 Å². The Balaban J connectivity index is 1.19. The number of anilines is 2. The lowest BCUT2D eigenvalue weighted by molar-refractivity contribution is 0.423. The topological polar surface area (TPSA) is 118 Å². The highest BCUT2D eigenvalue weighted by atomic mass is 32.2. The Morgan fingerprint density at radius 2 is 1.89 bits per heavy atom. The highest BCUT2D eigenvalue weighted by Crippen LogP contribution is 2.27. The zero-order valence-corrected chi connectivity index (χ0v) is 21.6. The minimum atomic E-state index is -0.492. The van der Waals surface area contributed by atoms with Gasteiger partial charge in [0.05, 0.1) is 5.69 Å². The van der Waals surface area contributed by atoms with Crippen LogP contribution in [0.5, 0.6) is 5.75 Å². The van der Waals surface area contributed by atoms with Crippen molar-refractivity contribution in [2.24, 2.45) is 5.92 Å². The van der Waals surface area contributed by atoms with E-state index >= 15 is 0 Å². The number of hydrogen-bond donors (Lipinski definition) is 3. The van der Waals surface area contributed by atoms with Crippen molar-refractivity contribution >= 4 is 23.1 Å². The lowest BCUT2D eigenvalue weighted by atomic mass is 9.96. The van der Waals surface area contributed by atoms with Gasteiger partial charge in [-0.25, -0.2) is 4.98 Å². The van der Waals surface area contributed by atoms with E-state index in [1.54, 1.807) is 12.1 Å². The molecule has 2 aromatic carbocycles. The third-order valence-electron chi connectivity index (χ3n) is 6.67. The first kappa shape index (κ1) is 25.4. The number of nitrogens with one attached hydrogen (secondary N) is 2. The summed E-state index contributed by atoms with van der Waals surface area (Å²) in [6.07, 6.45) is 5.97. The number of nitriles is 1. The lowest BCUT2D eigenvalue weighted by Gasteiger charge is -2.33. The molecule has 4 aromatic rings. The van der Waals surface area contributed by atoms with Crippen molar-refractivity contribution in [3.63, 3.8) is 0 Å². The summed E-state index contributed by atoms with van der Waals surface area (Å²) in [5, 5.41) is 23.3.